The van der Waals surface area contributed by atoms with Gasteiger partial charge in [-0.3, -0.25) is 9.36 Å². The van der Waals surface area contributed by atoms with Crippen LogP contribution < -0.4 is 19.9 Å². The number of carbonyl (C=O) groups is 1. The van der Waals surface area contributed by atoms with Gasteiger partial charge in [0, 0.05) is 17.3 Å². The van der Waals surface area contributed by atoms with Crippen molar-refractivity contribution in [2.45, 2.75) is 20.8 Å². The van der Waals surface area contributed by atoms with Gasteiger partial charge in [0.1, 0.15) is 0 Å². The number of benzene rings is 3. The Morgan fingerprint density at radius 2 is 1.54 bits per heavy atom. The topological polar surface area (TPSA) is 82.6 Å². The molecule has 0 saturated carbocycles. The maximum Gasteiger partial charge on any atom is 0.330 e. The van der Waals surface area contributed by atoms with Gasteiger partial charge in [0.2, 0.25) is 5.75 Å². The van der Waals surface area contributed by atoms with E-state index < -0.39 is 0 Å². The van der Waals surface area contributed by atoms with E-state index in [0.29, 0.717) is 34.1 Å². The normalized spacial score (nSPS) is 11.1. The summed E-state index contributed by atoms with van der Waals surface area (Å²) in [6.07, 6.45) is 4.92. The molecule has 7 heteroatoms. The van der Waals surface area contributed by atoms with Crippen LogP contribution in [0.1, 0.15) is 32.6 Å². The van der Waals surface area contributed by atoms with Crippen molar-refractivity contribution < 1.29 is 19.0 Å². The minimum Gasteiger partial charge on any atom is -0.493 e. The fraction of sp³-hybridized carbons (Fsp3) is 0.200. The number of aromatic nitrogens is 2. The zero-order chi connectivity index (χ0) is 26.7. The molecule has 4 rings (SSSR count). The first-order valence-corrected chi connectivity index (χ1v) is 11.8. The Bertz CT molecular complexity index is 1510. The van der Waals surface area contributed by atoms with Crippen LogP contribution in [0.5, 0.6) is 17.2 Å². The third-order valence-electron chi connectivity index (χ3n) is 6.48. The number of ketones is 1. The highest BCUT2D eigenvalue weighted by Crippen LogP contribution is 2.38. The van der Waals surface area contributed by atoms with Gasteiger partial charge in [-0.1, -0.05) is 18.2 Å². The molecule has 1 N–H and O–H groups in total. The smallest absolute Gasteiger partial charge is 0.330 e. The summed E-state index contributed by atoms with van der Waals surface area (Å²) >= 11 is 0. The largest absolute Gasteiger partial charge is 0.493 e. The number of rotatable bonds is 8. The standard InChI is InChI=1S/C30H30N2O5/c1-18-12-23(13-19(2)20(18)3)25-17-32(30(34)31-25)24-9-7-8-22(16-24)26(33)11-10-21-14-27(35-4)29(37-6)28(15-21)36-5/h7-17H,1-6H3,(H,31,34). The van der Waals surface area contributed by atoms with Crippen LogP contribution >= 0.6 is 0 Å². The molecule has 0 bridgehead atoms. The number of nitrogens with zero attached hydrogens (tertiary/aromatic N) is 1. The molecule has 0 radical (unpaired) electrons. The average Bonchev–Trinajstić information content (AvgIpc) is 3.30. The Kier molecular flexibility index (Phi) is 7.34. The molecule has 0 unspecified atom stereocenters. The predicted octanol–water partition coefficient (Wildman–Crippen LogP) is 5.68. The van der Waals surface area contributed by atoms with Gasteiger partial charge in [-0.25, -0.2) is 4.79 Å². The van der Waals surface area contributed by atoms with Gasteiger partial charge in [-0.2, -0.15) is 0 Å². The lowest BCUT2D eigenvalue weighted by Crippen LogP contribution is -2.14. The van der Waals surface area contributed by atoms with Gasteiger partial charge in [-0.15, -0.1) is 0 Å². The lowest BCUT2D eigenvalue weighted by molar-refractivity contribution is 0.104. The molecule has 0 aliphatic carbocycles. The second-order valence-electron chi connectivity index (χ2n) is 8.78. The van der Waals surface area contributed by atoms with Crippen LogP contribution in [-0.4, -0.2) is 36.7 Å². The summed E-state index contributed by atoms with van der Waals surface area (Å²) in [7, 11) is 4.61. The number of hydrogen-bond donors (Lipinski definition) is 1. The van der Waals surface area contributed by atoms with Crippen molar-refractivity contribution in [3.8, 4) is 34.2 Å². The Morgan fingerprint density at radius 3 is 2.14 bits per heavy atom. The predicted molar refractivity (Wildman–Crippen MR) is 145 cm³/mol. The molecule has 0 aliphatic heterocycles. The molecule has 1 aromatic heterocycles. The Balaban J connectivity index is 1.62. The molecule has 0 amide bonds. The van der Waals surface area contributed by atoms with E-state index in [9.17, 15) is 9.59 Å². The third kappa shape index (κ3) is 5.21. The number of ether oxygens (including phenoxy) is 3. The number of aromatic amines is 1. The van der Waals surface area contributed by atoms with Crippen LogP contribution in [0.2, 0.25) is 0 Å². The Hall–Kier alpha value is -4.52. The average molecular weight is 499 g/mol. The molecule has 0 atom stereocenters. The molecule has 0 fully saturated rings. The molecule has 37 heavy (non-hydrogen) atoms. The second kappa shape index (κ2) is 10.6. The van der Waals surface area contributed by atoms with Crippen molar-refractivity contribution in [3.63, 3.8) is 0 Å². The molecule has 190 valence electrons. The number of allylic oxidation sites excluding steroid dienone is 1. The van der Waals surface area contributed by atoms with E-state index >= 15 is 0 Å². The first-order chi connectivity index (χ1) is 17.7. The summed E-state index contributed by atoms with van der Waals surface area (Å²) in [4.78, 5) is 28.7. The van der Waals surface area contributed by atoms with Crippen molar-refractivity contribution in [1.82, 2.24) is 9.55 Å². The molecule has 3 aromatic carbocycles. The summed E-state index contributed by atoms with van der Waals surface area (Å²) in [6, 6.07) is 14.6. The van der Waals surface area contributed by atoms with Gasteiger partial charge >= 0.3 is 5.69 Å². The van der Waals surface area contributed by atoms with E-state index in [1.807, 2.05) is 0 Å². The maximum absolute atomic E-state index is 13.0. The molecular weight excluding hydrogens is 468 g/mol. The molecular formula is C30H30N2O5. The lowest BCUT2D eigenvalue weighted by Gasteiger charge is -2.12. The highest BCUT2D eigenvalue weighted by atomic mass is 16.5. The van der Waals surface area contributed by atoms with Crippen molar-refractivity contribution >= 4 is 11.9 Å². The number of carbonyl (C=O) groups excluding carboxylic acids is 1. The van der Waals surface area contributed by atoms with E-state index in [1.54, 1.807) is 48.7 Å². The van der Waals surface area contributed by atoms with Crippen molar-refractivity contribution in [2.75, 3.05) is 21.3 Å². The van der Waals surface area contributed by atoms with Gasteiger partial charge in [0.15, 0.2) is 17.3 Å². The summed E-state index contributed by atoms with van der Waals surface area (Å²) in [5.41, 5.74) is 6.71. The highest BCUT2D eigenvalue weighted by Gasteiger charge is 2.13. The summed E-state index contributed by atoms with van der Waals surface area (Å²) in [6.45, 7) is 6.20. The number of aryl methyl sites for hydroxylation is 2. The highest BCUT2D eigenvalue weighted by molar-refractivity contribution is 6.07. The van der Waals surface area contributed by atoms with Crippen LogP contribution in [0.15, 0.2) is 65.6 Å². The van der Waals surface area contributed by atoms with Crippen LogP contribution in [-0.2, 0) is 0 Å². The SMILES string of the molecule is COc1cc(C=CC(=O)c2cccc(-n3cc(-c4cc(C)c(C)c(C)c4)[nH]c3=O)c2)cc(OC)c1OC. The monoisotopic (exact) mass is 498 g/mol. The second-order valence-corrected chi connectivity index (χ2v) is 8.78. The van der Waals surface area contributed by atoms with Crippen LogP contribution in [0.25, 0.3) is 23.0 Å². The van der Waals surface area contributed by atoms with Crippen LogP contribution in [0.4, 0.5) is 0 Å². The first-order valence-electron chi connectivity index (χ1n) is 11.8. The van der Waals surface area contributed by atoms with Crippen LogP contribution in [0.3, 0.4) is 0 Å². The molecule has 0 spiro atoms. The van der Waals surface area contributed by atoms with E-state index in [4.69, 9.17) is 14.2 Å². The molecule has 7 nitrogen and oxygen atoms in total. The minimum absolute atomic E-state index is 0.204. The van der Waals surface area contributed by atoms with Crippen LogP contribution in [0, 0.1) is 20.8 Å². The van der Waals surface area contributed by atoms with Gasteiger partial charge in [0.05, 0.1) is 32.7 Å². The Labute approximate surface area is 216 Å². The van der Waals surface area contributed by atoms with E-state index in [-0.39, 0.29) is 11.5 Å². The quantitative estimate of drug-likeness (QED) is 0.250. The number of hydrogen-bond acceptors (Lipinski definition) is 5. The summed E-state index contributed by atoms with van der Waals surface area (Å²) in [5.74, 6) is 1.27. The van der Waals surface area contributed by atoms with E-state index in [2.05, 4.69) is 37.9 Å². The Morgan fingerprint density at radius 1 is 0.892 bits per heavy atom. The lowest BCUT2D eigenvalue weighted by atomic mass is 9.99. The van der Waals surface area contributed by atoms with Gasteiger partial charge in [0.25, 0.3) is 0 Å². The van der Waals surface area contributed by atoms with E-state index in [0.717, 1.165) is 22.4 Å². The zero-order valence-corrected chi connectivity index (χ0v) is 21.8. The fourth-order valence-electron chi connectivity index (χ4n) is 4.20. The summed E-state index contributed by atoms with van der Waals surface area (Å²) < 4.78 is 17.6. The summed E-state index contributed by atoms with van der Waals surface area (Å²) in [5, 5.41) is 0. The molecule has 4 aromatic rings. The van der Waals surface area contributed by atoms with Crippen molar-refractivity contribution in [3.05, 3.63) is 99.1 Å². The molecule has 0 saturated heterocycles. The first kappa shape index (κ1) is 25.6. The van der Waals surface area contributed by atoms with Crippen molar-refractivity contribution in [2.24, 2.45) is 0 Å². The zero-order valence-electron chi connectivity index (χ0n) is 21.8. The number of nitrogens with one attached hydrogen (secondary N) is 1. The maximum atomic E-state index is 13.0. The number of methoxy groups -OCH3 is 3. The van der Waals surface area contributed by atoms with Gasteiger partial charge < -0.3 is 19.2 Å². The third-order valence-corrected chi connectivity index (χ3v) is 6.48. The van der Waals surface area contributed by atoms with Crippen molar-refractivity contribution in [1.29, 1.82) is 0 Å². The molecule has 1 heterocycles. The number of imidazole rings is 1. The van der Waals surface area contributed by atoms with E-state index in [1.165, 1.54) is 37.5 Å². The fourth-order valence-corrected chi connectivity index (χ4v) is 4.20. The van der Waals surface area contributed by atoms with Gasteiger partial charge in [-0.05, 0) is 85.5 Å². The minimum atomic E-state index is -0.275. The molecule has 0 aliphatic rings. The number of H-pyrrole nitrogens is 1.